The zero-order valence-corrected chi connectivity index (χ0v) is 19.3. The average Bonchev–Trinajstić information content (AvgIpc) is 2.76. The quantitative estimate of drug-likeness (QED) is 0.332. The van der Waals surface area contributed by atoms with Crippen molar-refractivity contribution in [1.29, 1.82) is 0 Å². The van der Waals surface area contributed by atoms with Crippen molar-refractivity contribution in [3.8, 4) is 11.5 Å². The van der Waals surface area contributed by atoms with Crippen LogP contribution in [-0.4, -0.2) is 44.9 Å². The van der Waals surface area contributed by atoms with Gasteiger partial charge < -0.3 is 25.8 Å². The molecule has 0 aliphatic heterocycles. The highest BCUT2D eigenvalue weighted by Gasteiger charge is 2.14. The van der Waals surface area contributed by atoms with E-state index in [4.69, 9.17) is 26.8 Å². The fraction of sp³-hybridized carbons (Fsp3) is 0.200. The second-order valence-electron chi connectivity index (χ2n) is 6.70. The second kappa shape index (κ2) is 10.5. The van der Waals surface area contributed by atoms with Gasteiger partial charge in [0.15, 0.2) is 5.82 Å². The molecule has 1 aromatic heterocycles. The van der Waals surface area contributed by atoms with E-state index in [1.165, 1.54) is 31.5 Å². The van der Waals surface area contributed by atoms with E-state index in [-0.39, 0.29) is 34.8 Å². The number of methoxy groups -OCH3 is 1. The predicted octanol–water partition coefficient (Wildman–Crippen LogP) is 3.47. The van der Waals surface area contributed by atoms with Gasteiger partial charge in [0.1, 0.15) is 28.9 Å². The molecule has 10 nitrogen and oxygen atoms in total. The fourth-order valence-electron chi connectivity index (χ4n) is 2.67. The van der Waals surface area contributed by atoms with Crippen LogP contribution in [0.25, 0.3) is 0 Å². The van der Waals surface area contributed by atoms with Crippen LogP contribution >= 0.6 is 11.6 Å². The SMILES string of the molecule is COc1ccc(Nc2nc(Nc3ccc(OCCN)cc3F)ncc2Cl)c(NS(C)(=O)=O)c1. The minimum Gasteiger partial charge on any atom is -0.497 e. The van der Waals surface area contributed by atoms with Crippen molar-refractivity contribution in [2.45, 2.75) is 0 Å². The van der Waals surface area contributed by atoms with Crippen LogP contribution in [0, 0.1) is 5.82 Å². The third-order valence-corrected chi connectivity index (χ3v) is 4.96. The van der Waals surface area contributed by atoms with Gasteiger partial charge in [0, 0.05) is 18.7 Å². The molecule has 0 spiro atoms. The van der Waals surface area contributed by atoms with Gasteiger partial charge in [0.05, 0.1) is 36.6 Å². The van der Waals surface area contributed by atoms with Gasteiger partial charge in [0.25, 0.3) is 0 Å². The number of halogens is 2. The summed E-state index contributed by atoms with van der Waals surface area (Å²) in [6.45, 7) is 0.578. The van der Waals surface area contributed by atoms with Crippen molar-refractivity contribution in [2.24, 2.45) is 5.73 Å². The van der Waals surface area contributed by atoms with Crippen LogP contribution < -0.4 is 30.6 Å². The van der Waals surface area contributed by atoms with Crippen LogP contribution in [-0.2, 0) is 10.0 Å². The molecule has 0 aliphatic carbocycles. The summed E-state index contributed by atoms with van der Waals surface area (Å²) >= 11 is 6.21. The molecule has 0 atom stereocenters. The number of nitrogens with two attached hydrogens (primary N) is 1. The second-order valence-corrected chi connectivity index (χ2v) is 8.86. The topological polar surface area (TPSA) is 140 Å². The Morgan fingerprint density at radius 1 is 1.09 bits per heavy atom. The van der Waals surface area contributed by atoms with Gasteiger partial charge in [-0.05, 0) is 24.3 Å². The Kier molecular flexibility index (Phi) is 7.74. The third-order valence-electron chi connectivity index (χ3n) is 4.09. The number of hydrogen-bond acceptors (Lipinski definition) is 9. The van der Waals surface area contributed by atoms with Crippen molar-refractivity contribution in [1.82, 2.24) is 9.97 Å². The summed E-state index contributed by atoms with van der Waals surface area (Å²) < 4.78 is 50.8. The maximum Gasteiger partial charge on any atom is 0.229 e. The van der Waals surface area contributed by atoms with Gasteiger partial charge >= 0.3 is 0 Å². The van der Waals surface area contributed by atoms with E-state index in [9.17, 15) is 12.8 Å². The Morgan fingerprint density at radius 2 is 1.82 bits per heavy atom. The summed E-state index contributed by atoms with van der Waals surface area (Å²) in [5.41, 5.74) is 6.08. The first-order chi connectivity index (χ1) is 15.7. The lowest BCUT2D eigenvalue weighted by Gasteiger charge is -2.15. The Hall–Kier alpha value is -3.35. The van der Waals surface area contributed by atoms with E-state index < -0.39 is 15.8 Å². The van der Waals surface area contributed by atoms with Crippen LogP contribution in [0.5, 0.6) is 11.5 Å². The number of sulfonamides is 1. The minimum absolute atomic E-state index is 0.0579. The van der Waals surface area contributed by atoms with Crippen molar-refractivity contribution in [3.63, 3.8) is 0 Å². The molecule has 0 saturated carbocycles. The monoisotopic (exact) mass is 496 g/mol. The number of hydrogen-bond donors (Lipinski definition) is 4. The highest BCUT2D eigenvalue weighted by atomic mass is 35.5. The summed E-state index contributed by atoms with van der Waals surface area (Å²) in [6, 6.07) is 9.00. The Morgan fingerprint density at radius 3 is 2.48 bits per heavy atom. The first kappa shape index (κ1) is 24.3. The standard InChI is InChI=1S/C20H22ClFN6O4S/c1-31-12-3-6-17(18(10-12)28-33(2,29)30)25-19-14(21)11-24-20(27-19)26-16-5-4-13(9-15(16)22)32-8-7-23/h3-6,9-11,28H,7-8,23H2,1-2H3,(H2,24,25,26,27). The highest BCUT2D eigenvalue weighted by molar-refractivity contribution is 7.92. The largest absolute Gasteiger partial charge is 0.497 e. The molecule has 0 fully saturated rings. The van der Waals surface area contributed by atoms with Crippen LogP contribution in [0.2, 0.25) is 5.02 Å². The summed E-state index contributed by atoms with van der Waals surface area (Å²) in [7, 11) is -2.11. The molecule has 1 heterocycles. The average molecular weight is 497 g/mol. The van der Waals surface area contributed by atoms with Gasteiger partial charge in [0.2, 0.25) is 16.0 Å². The van der Waals surface area contributed by atoms with Crippen LogP contribution in [0.3, 0.4) is 0 Å². The molecule has 3 rings (SSSR count). The molecule has 176 valence electrons. The third kappa shape index (κ3) is 6.81. The molecule has 5 N–H and O–H groups in total. The first-order valence-electron chi connectivity index (χ1n) is 9.53. The number of nitrogens with one attached hydrogen (secondary N) is 3. The molecule has 0 unspecified atom stereocenters. The molecule has 0 saturated heterocycles. The lowest BCUT2D eigenvalue weighted by molar-refractivity contribution is 0.326. The first-order valence-corrected chi connectivity index (χ1v) is 11.8. The lowest BCUT2D eigenvalue weighted by Crippen LogP contribution is -2.12. The molecule has 0 amide bonds. The molecule has 3 aromatic rings. The van der Waals surface area contributed by atoms with Gasteiger partial charge in [-0.25, -0.2) is 17.8 Å². The highest BCUT2D eigenvalue weighted by Crippen LogP contribution is 2.33. The molecule has 0 aliphatic rings. The van der Waals surface area contributed by atoms with Gasteiger partial charge in [-0.3, -0.25) is 4.72 Å². The van der Waals surface area contributed by atoms with Crippen molar-refractivity contribution in [2.75, 3.05) is 41.9 Å². The van der Waals surface area contributed by atoms with E-state index in [0.717, 1.165) is 6.26 Å². The number of rotatable bonds is 10. The smallest absolute Gasteiger partial charge is 0.229 e. The number of aromatic nitrogens is 2. The summed E-state index contributed by atoms with van der Waals surface area (Å²) in [4.78, 5) is 8.33. The van der Waals surface area contributed by atoms with E-state index >= 15 is 0 Å². The summed E-state index contributed by atoms with van der Waals surface area (Å²) in [5, 5.41) is 5.89. The van der Waals surface area contributed by atoms with Crippen molar-refractivity contribution < 1.29 is 22.3 Å². The summed E-state index contributed by atoms with van der Waals surface area (Å²) in [5.74, 6) is 0.430. The van der Waals surface area contributed by atoms with E-state index in [1.807, 2.05) is 0 Å². The maximum absolute atomic E-state index is 14.4. The van der Waals surface area contributed by atoms with E-state index in [1.54, 1.807) is 18.2 Å². The number of nitrogens with zero attached hydrogens (tertiary/aromatic N) is 2. The van der Waals surface area contributed by atoms with Crippen LogP contribution in [0.4, 0.5) is 33.2 Å². The van der Waals surface area contributed by atoms with E-state index in [2.05, 4.69) is 25.3 Å². The molecular formula is C20H22ClFN6O4S. The Balaban J connectivity index is 1.86. The molecule has 2 aromatic carbocycles. The summed E-state index contributed by atoms with van der Waals surface area (Å²) in [6.07, 6.45) is 2.35. The van der Waals surface area contributed by atoms with Crippen molar-refractivity contribution in [3.05, 3.63) is 53.4 Å². The van der Waals surface area contributed by atoms with Gasteiger partial charge in [-0.1, -0.05) is 11.6 Å². The maximum atomic E-state index is 14.4. The Bertz CT molecular complexity index is 1250. The molecule has 0 radical (unpaired) electrons. The van der Waals surface area contributed by atoms with E-state index in [0.29, 0.717) is 23.7 Å². The molecule has 0 bridgehead atoms. The Labute approximate surface area is 195 Å². The molecule has 33 heavy (non-hydrogen) atoms. The lowest BCUT2D eigenvalue weighted by atomic mass is 10.2. The fourth-order valence-corrected chi connectivity index (χ4v) is 3.38. The molecule has 13 heteroatoms. The minimum atomic E-state index is -3.57. The number of ether oxygens (including phenoxy) is 2. The van der Waals surface area contributed by atoms with Gasteiger partial charge in [-0.15, -0.1) is 0 Å². The van der Waals surface area contributed by atoms with Crippen LogP contribution in [0.15, 0.2) is 42.6 Å². The van der Waals surface area contributed by atoms with Crippen molar-refractivity contribution >= 4 is 50.5 Å². The number of anilines is 5. The predicted molar refractivity (Wildman–Crippen MR) is 126 cm³/mol. The van der Waals surface area contributed by atoms with Crippen LogP contribution in [0.1, 0.15) is 0 Å². The molecular weight excluding hydrogens is 475 g/mol. The normalized spacial score (nSPS) is 11.1. The zero-order chi connectivity index (χ0) is 24.0. The van der Waals surface area contributed by atoms with Gasteiger partial charge in [-0.2, -0.15) is 4.98 Å². The number of benzene rings is 2. The zero-order valence-electron chi connectivity index (χ0n) is 17.7.